The van der Waals surface area contributed by atoms with Crippen LogP contribution in [0.4, 0.5) is 18.9 Å². The zero-order chi connectivity index (χ0) is 11.3. The summed E-state index contributed by atoms with van der Waals surface area (Å²) in [4.78, 5) is 0. The van der Waals surface area contributed by atoms with E-state index in [1.54, 1.807) is 0 Å². The number of phenols is 1. The van der Waals surface area contributed by atoms with Gasteiger partial charge in [-0.2, -0.15) is 8.78 Å². The largest absolute Gasteiger partial charge is 0.508 e. The summed E-state index contributed by atoms with van der Waals surface area (Å²) in [6, 6.07) is 5.73. The maximum absolute atomic E-state index is 12.2. The third-order valence-electron chi connectivity index (χ3n) is 1.58. The monoisotopic (exact) mass is 221 g/mol. The number of phenolic OH excluding ortho intramolecular Hbond substituents is 1. The highest BCUT2D eigenvalue weighted by Gasteiger charge is 2.29. The Kier molecular flexibility index (Phi) is 3.79. The summed E-state index contributed by atoms with van der Waals surface area (Å²) in [5, 5.41) is 11.4. The van der Waals surface area contributed by atoms with Gasteiger partial charge in [-0.25, -0.2) is 4.39 Å². The van der Waals surface area contributed by atoms with E-state index in [2.05, 4.69) is 10.1 Å². The fourth-order valence-electron chi connectivity index (χ4n) is 0.843. The van der Waals surface area contributed by atoms with Crippen LogP contribution in [0.1, 0.15) is 0 Å². The Morgan fingerprint density at radius 2 is 1.87 bits per heavy atom. The Morgan fingerprint density at radius 3 is 2.40 bits per heavy atom. The van der Waals surface area contributed by atoms with Gasteiger partial charge in [0.2, 0.25) is 0 Å². The fraction of sp³-hybridized carbons (Fsp3) is 0.333. The third kappa shape index (κ3) is 4.07. The average molecular weight is 221 g/mol. The SMILES string of the molecule is Oc1ccc(NCOC(F)(F)CF)cc1. The second-order valence-electron chi connectivity index (χ2n) is 2.78. The molecule has 15 heavy (non-hydrogen) atoms. The van der Waals surface area contributed by atoms with Crippen molar-refractivity contribution in [2.75, 3.05) is 18.7 Å². The molecule has 84 valence electrons. The molecule has 0 aliphatic rings. The molecule has 0 amide bonds. The van der Waals surface area contributed by atoms with Crippen LogP contribution in [0.3, 0.4) is 0 Å². The molecule has 0 radical (unpaired) electrons. The average Bonchev–Trinajstić information content (AvgIpc) is 2.21. The molecule has 1 aromatic rings. The summed E-state index contributed by atoms with van der Waals surface area (Å²) < 4.78 is 40.0. The van der Waals surface area contributed by atoms with Gasteiger partial charge < -0.3 is 10.4 Å². The highest BCUT2D eigenvalue weighted by Crippen LogP contribution is 2.17. The van der Waals surface area contributed by atoms with Gasteiger partial charge in [-0.05, 0) is 24.3 Å². The van der Waals surface area contributed by atoms with E-state index in [0.29, 0.717) is 5.69 Å². The molecule has 0 bridgehead atoms. The first-order valence-electron chi connectivity index (χ1n) is 4.14. The van der Waals surface area contributed by atoms with Gasteiger partial charge in [-0.15, -0.1) is 0 Å². The lowest BCUT2D eigenvalue weighted by Crippen LogP contribution is -2.26. The Hall–Kier alpha value is -1.43. The summed E-state index contributed by atoms with van der Waals surface area (Å²) >= 11 is 0. The molecule has 0 atom stereocenters. The fourth-order valence-corrected chi connectivity index (χ4v) is 0.843. The number of benzene rings is 1. The summed E-state index contributed by atoms with van der Waals surface area (Å²) in [6.45, 7) is -2.37. The molecule has 1 rings (SSSR count). The van der Waals surface area contributed by atoms with Gasteiger partial charge in [0.15, 0.2) is 6.67 Å². The zero-order valence-corrected chi connectivity index (χ0v) is 7.71. The van der Waals surface area contributed by atoms with Crippen LogP contribution in [0.25, 0.3) is 0 Å². The van der Waals surface area contributed by atoms with Gasteiger partial charge in [-0.3, -0.25) is 4.74 Å². The van der Waals surface area contributed by atoms with E-state index in [9.17, 15) is 13.2 Å². The number of hydrogen-bond acceptors (Lipinski definition) is 3. The second-order valence-corrected chi connectivity index (χ2v) is 2.78. The molecule has 1 aromatic carbocycles. The molecule has 0 unspecified atom stereocenters. The first kappa shape index (κ1) is 11.6. The minimum Gasteiger partial charge on any atom is -0.508 e. The van der Waals surface area contributed by atoms with Crippen molar-refractivity contribution in [1.29, 1.82) is 0 Å². The molecular formula is C9H10F3NO2. The van der Waals surface area contributed by atoms with Crippen molar-refractivity contribution in [3.05, 3.63) is 24.3 Å². The van der Waals surface area contributed by atoms with E-state index in [-0.39, 0.29) is 5.75 Å². The van der Waals surface area contributed by atoms with Crippen molar-refractivity contribution in [3.63, 3.8) is 0 Å². The first-order chi connectivity index (χ1) is 7.03. The lowest BCUT2D eigenvalue weighted by molar-refractivity contribution is -0.242. The number of hydrogen-bond donors (Lipinski definition) is 2. The lowest BCUT2D eigenvalue weighted by atomic mass is 10.3. The molecule has 2 N–H and O–H groups in total. The Labute approximate surface area is 84.5 Å². The first-order valence-corrected chi connectivity index (χ1v) is 4.14. The Balaban J connectivity index is 2.35. The normalized spacial score (nSPS) is 11.4. The highest BCUT2D eigenvalue weighted by atomic mass is 19.3. The number of aromatic hydroxyl groups is 1. The van der Waals surface area contributed by atoms with Crippen LogP contribution in [0.2, 0.25) is 0 Å². The lowest BCUT2D eigenvalue weighted by Gasteiger charge is -2.14. The van der Waals surface area contributed by atoms with Crippen molar-refractivity contribution in [2.45, 2.75) is 6.11 Å². The molecule has 0 heterocycles. The predicted molar refractivity (Wildman–Crippen MR) is 48.6 cm³/mol. The molecule has 0 saturated heterocycles. The van der Waals surface area contributed by atoms with Crippen molar-refractivity contribution < 1.29 is 23.0 Å². The van der Waals surface area contributed by atoms with E-state index in [0.717, 1.165) is 0 Å². The van der Waals surface area contributed by atoms with Gasteiger partial charge in [0, 0.05) is 5.69 Å². The van der Waals surface area contributed by atoms with Crippen LogP contribution in [0, 0.1) is 0 Å². The van der Waals surface area contributed by atoms with Gasteiger partial charge >= 0.3 is 6.11 Å². The van der Waals surface area contributed by atoms with Gasteiger partial charge in [0.05, 0.1) is 0 Å². The van der Waals surface area contributed by atoms with E-state index >= 15 is 0 Å². The third-order valence-corrected chi connectivity index (χ3v) is 1.58. The number of anilines is 1. The van der Waals surface area contributed by atoms with Crippen molar-refractivity contribution >= 4 is 5.69 Å². The van der Waals surface area contributed by atoms with Crippen molar-refractivity contribution in [2.24, 2.45) is 0 Å². The molecule has 0 aliphatic carbocycles. The number of ether oxygens (including phenoxy) is 1. The smallest absolute Gasteiger partial charge is 0.385 e. The van der Waals surface area contributed by atoms with Gasteiger partial charge in [0.1, 0.15) is 12.5 Å². The Morgan fingerprint density at radius 1 is 1.27 bits per heavy atom. The maximum Gasteiger partial charge on any atom is 0.385 e. The van der Waals surface area contributed by atoms with Gasteiger partial charge in [0.25, 0.3) is 0 Å². The molecule has 6 heteroatoms. The van der Waals surface area contributed by atoms with Crippen LogP contribution in [-0.2, 0) is 4.74 Å². The molecule has 0 spiro atoms. The number of nitrogens with one attached hydrogen (secondary N) is 1. The standard InChI is InChI=1S/C9H10F3NO2/c10-5-9(11,12)15-6-13-7-1-3-8(14)4-2-7/h1-4,13-14H,5-6H2. The predicted octanol–water partition coefficient (Wildman–Crippen LogP) is 2.34. The molecule has 0 saturated carbocycles. The van der Waals surface area contributed by atoms with E-state index in [1.807, 2.05) is 0 Å². The highest BCUT2D eigenvalue weighted by molar-refractivity contribution is 5.45. The van der Waals surface area contributed by atoms with Crippen LogP contribution in [-0.4, -0.2) is 24.6 Å². The minimum absolute atomic E-state index is 0.0653. The number of alkyl halides is 3. The topological polar surface area (TPSA) is 41.5 Å². The van der Waals surface area contributed by atoms with Crippen LogP contribution in [0.15, 0.2) is 24.3 Å². The molecule has 3 nitrogen and oxygen atoms in total. The summed E-state index contributed by atoms with van der Waals surface area (Å²) in [5.41, 5.74) is 0.488. The van der Waals surface area contributed by atoms with Crippen molar-refractivity contribution in [1.82, 2.24) is 0 Å². The van der Waals surface area contributed by atoms with E-state index in [4.69, 9.17) is 5.11 Å². The Bertz CT molecular complexity index is 303. The summed E-state index contributed by atoms with van der Waals surface area (Å²) in [5.74, 6) is 0.0653. The summed E-state index contributed by atoms with van der Waals surface area (Å²) in [6.07, 6.45) is -3.76. The minimum atomic E-state index is -3.76. The second kappa shape index (κ2) is 4.88. The van der Waals surface area contributed by atoms with Crippen LogP contribution in [0.5, 0.6) is 5.75 Å². The molecular weight excluding hydrogens is 211 g/mol. The number of rotatable bonds is 5. The van der Waals surface area contributed by atoms with E-state index < -0.39 is 19.5 Å². The summed E-state index contributed by atoms with van der Waals surface area (Å²) in [7, 11) is 0. The van der Waals surface area contributed by atoms with Crippen LogP contribution >= 0.6 is 0 Å². The number of halogens is 3. The molecule has 0 aromatic heterocycles. The van der Waals surface area contributed by atoms with E-state index in [1.165, 1.54) is 24.3 Å². The zero-order valence-electron chi connectivity index (χ0n) is 7.71. The molecule has 0 aliphatic heterocycles. The molecule has 0 fully saturated rings. The van der Waals surface area contributed by atoms with Gasteiger partial charge in [-0.1, -0.05) is 0 Å². The van der Waals surface area contributed by atoms with Crippen molar-refractivity contribution in [3.8, 4) is 5.75 Å². The quantitative estimate of drug-likeness (QED) is 0.592. The maximum atomic E-state index is 12.2. The van der Waals surface area contributed by atoms with Crippen LogP contribution < -0.4 is 5.32 Å².